The second-order valence-electron chi connectivity index (χ2n) is 8.58. The van der Waals surface area contributed by atoms with Gasteiger partial charge in [0, 0.05) is 37.8 Å². The second kappa shape index (κ2) is 9.88. The number of nitrogens with zero attached hydrogens (tertiary/aromatic N) is 1. The molecule has 1 amide bonds. The van der Waals surface area contributed by atoms with Gasteiger partial charge < -0.3 is 10.1 Å². The van der Waals surface area contributed by atoms with Crippen LogP contribution in [-0.4, -0.2) is 42.1 Å². The van der Waals surface area contributed by atoms with Crippen LogP contribution < -0.4 is 5.32 Å². The Morgan fingerprint density at radius 2 is 1.84 bits per heavy atom. The monoisotopic (exact) mass is 444 g/mol. The molecule has 2 aromatic rings. The average molecular weight is 444 g/mol. The highest BCUT2D eigenvalue weighted by Crippen LogP contribution is 2.39. The Kier molecular flexibility index (Phi) is 6.96. The van der Waals surface area contributed by atoms with E-state index in [0.29, 0.717) is 24.2 Å². The van der Waals surface area contributed by atoms with Crippen LogP contribution in [0, 0.1) is 17.5 Å². The molecule has 2 saturated heterocycles. The Morgan fingerprint density at radius 1 is 1.06 bits per heavy atom. The highest BCUT2D eigenvalue weighted by atomic mass is 19.2. The van der Waals surface area contributed by atoms with Crippen LogP contribution in [0.3, 0.4) is 0 Å². The first-order valence-electron chi connectivity index (χ1n) is 11.0. The lowest BCUT2D eigenvalue weighted by Crippen LogP contribution is -2.44. The first kappa shape index (κ1) is 22.6. The lowest BCUT2D eigenvalue weighted by molar-refractivity contribution is -0.118. The fraction of sp³-hybridized carbons (Fsp3) is 0.400. The van der Waals surface area contributed by atoms with Gasteiger partial charge in [-0.15, -0.1) is 0 Å². The zero-order chi connectivity index (χ0) is 22.6. The van der Waals surface area contributed by atoms with Crippen LogP contribution in [0.15, 0.2) is 48.5 Å². The zero-order valence-corrected chi connectivity index (χ0v) is 17.8. The number of hydrogen-bond acceptors (Lipinski definition) is 3. The predicted octanol–water partition coefficient (Wildman–Crippen LogP) is 4.45. The van der Waals surface area contributed by atoms with Crippen molar-refractivity contribution in [3.63, 3.8) is 0 Å². The van der Waals surface area contributed by atoms with Crippen molar-refractivity contribution in [3.8, 4) is 0 Å². The minimum absolute atomic E-state index is 0.0475. The third kappa shape index (κ3) is 5.58. The van der Waals surface area contributed by atoms with E-state index in [2.05, 4.69) is 10.2 Å². The molecule has 0 unspecified atom stereocenters. The molecular weight excluding hydrogens is 417 g/mol. The summed E-state index contributed by atoms with van der Waals surface area (Å²) in [5, 5.41) is 2.82. The lowest BCUT2D eigenvalue weighted by Gasteiger charge is -2.39. The number of ether oxygens (including phenoxy) is 1. The maximum atomic E-state index is 13.9. The number of likely N-dealkylation sites (tertiary alicyclic amines) is 1. The van der Waals surface area contributed by atoms with E-state index >= 15 is 0 Å². The van der Waals surface area contributed by atoms with E-state index in [-0.39, 0.29) is 23.4 Å². The molecule has 170 valence electrons. The number of rotatable bonds is 6. The number of benzene rings is 2. The number of nitrogens with one attached hydrogen (secondary N) is 1. The molecule has 32 heavy (non-hydrogen) atoms. The average Bonchev–Trinajstić information content (AvgIpc) is 3.19. The van der Waals surface area contributed by atoms with Gasteiger partial charge in [0.1, 0.15) is 5.82 Å². The molecule has 0 saturated carbocycles. The third-order valence-electron chi connectivity index (χ3n) is 6.33. The second-order valence-corrected chi connectivity index (χ2v) is 8.58. The normalized spacial score (nSPS) is 20.8. The number of halogens is 3. The summed E-state index contributed by atoms with van der Waals surface area (Å²) in [4.78, 5) is 14.3. The molecule has 7 heteroatoms. The van der Waals surface area contributed by atoms with E-state index in [1.807, 2.05) is 12.1 Å². The highest BCUT2D eigenvalue weighted by molar-refractivity contribution is 5.91. The van der Waals surface area contributed by atoms with E-state index in [4.69, 9.17) is 4.74 Å². The van der Waals surface area contributed by atoms with E-state index in [0.717, 1.165) is 50.9 Å². The quantitative estimate of drug-likeness (QED) is 0.670. The fourth-order valence-electron chi connectivity index (χ4n) is 4.45. The minimum atomic E-state index is -0.947. The molecule has 0 bridgehead atoms. The Hall–Kier alpha value is -2.64. The van der Waals surface area contributed by atoms with Crippen molar-refractivity contribution >= 4 is 12.0 Å². The molecule has 2 aromatic carbocycles. The molecule has 4 rings (SSSR count). The number of carbonyl (C=O) groups excluding carboxylic acids is 1. The SMILES string of the molecule is O=C(/C=C/c1ccc(F)c(F)c1)NC[C@H]1CCC2(CCN(Cc3ccccc3F)CC2)O1. The van der Waals surface area contributed by atoms with Gasteiger partial charge in [-0.2, -0.15) is 0 Å². The molecule has 2 heterocycles. The Balaban J connectivity index is 1.21. The van der Waals surface area contributed by atoms with E-state index in [1.54, 1.807) is 6.07 Å². The first-order chi connectivity index (χ1) is 15.4. The van der Waals surface area contributed by atoms with Gasteiger partial charge in [0.25, 0.3) is 0 Å². The fourth-order valence-corrected chi connectivity index (χ4v) is 4.45. The van der Waals surface area contributed by atoms with Gasteiger partial charge in [-0.25, -0.2) is 13.2 Å². The van der Waals surface area contributed by atoms with Crippen LogP contribution in [0.1, 0.15) is 36.8 Å². The maximum absolute atomic E-state index is 13.9. The van der Waals surface area contributed by atoms with E-state index in [9.17, 15) is 18.0 Å². The van der Waals surface area contributed by atoms with Crippen LogP contribution in [0.2, 0.25) is 0 Å². The van der Waals surface area contributed by atoms with Crippen LogP contribution in [0.4, 0.5) is 13.2 Å². The third-order valence-corrected chi connectivity index (χ3v) is 6.33. The maximum Gasteiger partial charge on any atom is 0.244 e. The van der Waals surface area contributed by atoms with Crippen LogP contribution in [0.5, 0.6) is 0 Å². The lowest BCUT2D eigenvalue weighted by atomic mass is 9.88. The zero-order valence-electron chi connectivity index (χ0n) is 17.8. The Morgan fingerprint density at radius 3 is 2.59 bits per heavy atom. The molecule has 2 aliphatic rings. The predicted molar refractivity (Wildman–Crippen MR) is 116 cm³/mol. The van der Waals surface area contributed by atoms with Crippen molar-refractivity contribution in [2.24, 2.45) is 0 Å². The summed E-state index contributed by atoms with van der Waals surface area (Å²) in [5.41, 5.74) is 0.966. The Labute approximate surface area is 186 Å². The summed E-state index contributed by atoms with van der Waals surface area (Å²) < 4.78 is 46.4. The largest absolute Gasteiger partial charge is 0.370 e. The molecule has 1 atom stereocenters. The minimum Gasteiger partial charge on any atom is -0.370 e. The van der Waals surface area contributed by atoms with Gasteiger partial charge in [-0.1, -0.05) is 24.3 Å². The van der Waals surface area contributed by atoms with Gasteiger partial charge in [0.15, 0.2) is 11.6 Å². The molecule has 0 aliphatic carbocycles. The van der Waals surface area contributed by atoms with Crippen LogP contribution >= 0.6 is 0 Å². The first-order valence-corrected chi connectivity index (χ1v) is 11.0. The summed E-state index contributed by atoms with van der Waals surface area (Å²) in [7, 11) is 0. The summed E-state index contributed by atoms with van der Waals surface area (Å²) in [6, 6.07) is 10.4. The van der Waals surface area contributed by atoms with Crippen molar-refractivity contribution in [2.45, 2.75) is 43.9 Å². The topological polar surface area (TPSA) is 41.6 Å². The van der Waals surface area contributed by atoms with Crippen LogP contribution in [0.25, 0.3) is 6.08 Å². The molecule has 1 N–H and O–H groups in total. The summed E-state index contributed by atoms with van der Waals surface area (Å²) in [5.74, 6) is -2.34. The molecule has 2 fully saturated rings. The molecule has 1 spiro atoms. The molecule has 0 radical (unpaired) electrons. The van der Waals surface area contributed by atoms with Gasteiger partial charge in [-0.3, -0.25) is 9.69 Å². The molecule has 0 aromatic heterocycles. The van der Waals surface area contributed by atoms with Gasteiger partial charge in [-0.05, 0) is 55.5 Å². The van der Waals surface area contributed by atoms with E-state index in [1.165, 1.54) is 24.3 Å². The summed E-state index contributed by atoms with van der Waals surface area (Å²) in [6.45, 7) is 2.71. The van der Waals surface area contributed by atoms with Crippen molar-refractivity contribution in [3.05, 3.63) is 77.1 Å². The molecule has 2 aliphatic heterocycles. The van der Waals surface area contributed by atoms with Crippen LogP contribution in [-0.2, 0) is 16.1 Å². The van der Waals surface area contributed by atoms with E-state index < -0.39 is 11.6 Å². The van der Waals surface area contributed by atoms with Gasteiger partial charge in [0.05, 0.1) is 11.7 Å². The Bertz CT molecular complexity index is 987. The van der Waals surface area contributed by atoms with Gasteiger partial charge in [0.2, 0.25) is 5.91 Å². The number of hydrogen-bond donors (Lipinski definition) is 1. The van der Waals surface area contributed by atoms with Crippen molar-refractivity contribution in [1.82, 2.24) is 10.2 Å². The molecular formula is C25H27F3N2O2. The number of amides is 1. The van der Waals surface area contributed by atoms with Crippen molar-refractivity contribution in [1.29, 1.82) is 0 Å². The van der Waals surface area contributed by atoms with Crippen molar-refractivity contribution in [2.75, 3.05) is 19.6 Å². The smallest absolute Gasteiger partial charge is 0.244 e. The van der Waals surface area contributed by atoms with Crippen molar-refractivity contribution < 1.29 is 22.7 Å². The standard InChI is InChI=1S/C25H27F3N2O2/c26-21-4-2-1-3-19(21)17-30-13-11-25(12-14-30)10-9-20(32-25)16-29-24(31)8-6-18-5-7-22(27)23(28)15-18/h1-8,15,20H,9-14,16-17H2,(H,29,31)/b8-6+/t20-/m1/s1. The molecule has 4 nitrogen and oxygen atoms in total. The summed E-state index contributed by atoms with van der Waals surface area (Å²) in [6.07, 6.45) is 6.31. The highest BCUT2D eigenvalue weighted by Gasteiger charge is 2.42. The van der Waals surface area contributed by atoms with Gasteiger partial charge >= 0.3 is 0 Å². The number of carbonyl (C=O) groups is 1. The summed E-state index contributed by atoms with van der Waals surface area (Å²) >= 11 is 0. The number of piperidine rings is 1.